The Hall–Kier alpha value is -1.03. The summed E-state index contributed by atoms with van der Waals surface area (Å²) in [4.78, 5) is 0. The molecule has 0 fully saturated rings. The van der Waals surface area contributed by atoms with Gasteiger partial charge in [0.1, 0.15) is 0 Å². The molecule has 0 aliphatic rings. The average molecular weight is 212 g/mol. The van der Waals surface area contributed by atoms with Crippen LogP contribution in [0.4, 0.5) is 0 Å². The van der Waals surface area contributed by atoms with Crippen LogP contribution in [-0.2, 0) is 11.3 Å². The van der Waals surface area contributed by atoms with Crippen LogP contribution in [0, 0.1) is 0 Å². The quantitative estimate of drug-likeness (QED) is 0.619. The van der Waals surface area contributed by atoms with Crippen molar-refractivity contribution in [1.29, 1.82) is 0 Å². The molecule has 0 aliphatic heterocycles. The molecule has 4 nitrogen and oxygen atoms in total. The van der Waals surface area contributed by atoms with E-state index in [0.717, 1.165) is 44.8 Å². The number of hydrogen-bond donors (Lipinski definition) is 0. The van der Waals surface area contributed by atoms with Gasteiger partial charge in [-0.15, -0.1) is 0 Å². The first-order valence-corrected chi connectivity index (χ1v) is 5.51. The zero-order valence-electron chi connectivity index (χ0n) is 9.61. The van der Waals surface area contributed by atoms with E-state index < -0.39 is 0 Å². The molecular weight excluding hydrogens is 192 g/mol. The summed E-state index contributed by atoms with van der Waals surface area (Å²) < 4.78 is 12.4. The van der Waals surface area contributed by atoms with Gasteiger partial charge in [0.15, 0.2) is 5.75 Å². The summed E-state index contributed by atoms with van der Waals surface area (Å²) in [6, 6.07) is 0. The highest BCUT2D eigenvalue weighted by molar-refractivity contribution is 5.11. The Kier molecular flexibility index (Phi) is 5.85. The Bertz CT molecular complexity index is 261. The first-order valence-electron chi connectivity index (χ1n) is 5.51. The van der Waals surface area contributed by atoms with Gasteiger partial charge in [-0.05, 0) is 19.3 Å². The molecule has 86 valence electrons. The third-order valence-corrected chi connectivity index (χ3v) is 2.07. The molecule has 0 saturated carbocycles. The Morgan fingerprint density at radius 1 is 1.33 bits per heavy atom. The van der Waals surface area contributed by atoms with E-state index in [2.05, 4.69) is 12.0 Å². The van der Waals surface area contributed by atoms with E-state index in [-0.39, 0.29) is 0 Å². The fraction of sp³-hybridized carbons (Fsp3) is 0.727. The second-order valence-electron chi connectivity index (χ2n) is 3.49. The molecule has 0 aromatic carbocycles. The highest BCUT2D eigenvalue weighted by Gasteiger charge is 1.98. The van der Waals surface area contributed by atoms with Gasteiger partial charge in [0.2, 0.25) is 0 Å². The van der Waals surface area contributed by atoms with E-state index in [9.17, 15) is 0 Å². The zero-order chi connectivity index (χ0) is 10.9. The molecule has 0 saturated heterocycles. The van der Waals surface area contributed by atoms with Crippen molar-refractivity contribution in [1.82, 2.24) is 9.78 Å². The van der Waals surface area contributed by atoms with Crippen molar-refractivity contribution >= 4 is 0 Å². The number of ether oxygens (including phenoxy) is 2. The molecule has 15 heavy (non-hydrogen) atoms. The lowest BCUT2D eigenvalue weighted by molar-refractivity contribution is 0.184. The van der Waals surface area contributed by atoms with Gasteiger partial charge >= 0.3 is 0 Å². The van der Waals surface area contributed by atoms with E-state index in [1.54, 1.807) is 13.3 Å². The van der Waals surface area contributed by atoms with E-state index >= 15 is 0 Å². The Labute approximate surface area is 91.2 Å². The van der Waals surface area contributed by atoms with Gasteiger partial charge < -0.3 is 9.47 Å². The third-order valence-electron chi connectivity index (χ3n) is 2.07. The van der Waals surface area contributed by atoms with Crippen LogP contribution in [-0.4, -0.2) is 30.1 Å². The third kappa shape index (κ3) is 4.83. The number of rotatable bonds is 8. The molecule has 1 heterocycles. The van der Waals surface area contributed by atoms with Gasteiger partial charge in [0, 0.05) is 20.3 Å². The second kappa shape index (κ2) is 7.29. The summed E-state index contributed by atoms with van der Waals surface area (Å²) in [6.45, 7) is 4.62. The molecule has 1 aromatic heterocycles. The maximum absolute atomic E-state index is 5.54. The van der Waals surface area contributed by atoms with E-state index in [4.69, 9.17) is 9.47 Å². The van der Waals surface area contributed by atoms with Crippen LogP contribution in [0.15, 0.2) is 12.4 Å². The maximum Gasteiger partial charge on any atom is 0.157 e. The first-order chi connectivity index (χ1) is 7.36. The number of aryl methyl sites for hydroxylation is 1. The van der Waals surface area contributed by atoms with E-state index in [1.165, 1.54) is 0 Å². The van der Waals surface area contributed by atoms with Crippen LogP contribution in [0.3, 0.4) is 0 Å². The van der Waals surface area contributed by atoms with Crippen molar-refractivity contribution in [3.63, 3.8) is 0 Å². The summed E-state index contributed by atoms with van der Waals surface area (Å²) in [6.07, 6.45) is 6.87. The number of methoxy groups -OCH3 is 1. The monoisotopic (exact) mass is 212 g/mol. The maximum atomic E-state index is 5.54. The molecule has 0 N–H and O–H groups in total. The normalized spacial score (nSPS) is 10.5. The van der Waals surface area contributed by atoms with E-state index in [0.29, 0.717) is 0 Å². The molecule has 0 unspecified atom stereocenters. The number of hydrogen-bond acceptors (Lipinski definition) is 3. The smallest absolute Gasteiger partial charge is 0.157 e. The Morgan fingerprint density at radius 2 is 2.13 bits per heavy atom. The molecule has 0 aliphatic carbocycles. The summed E-state index contributed by atoms with van der Waals surface area (Å²) in [5, 5.41) is 4.19. The summed E-state index contributed by atoms with van der Waals surface area (Å²) in [7, 11) is 1.72. The van der Waals surface area contributed by atoms with Crippen LogP contribution in [0.5, 0.6) is 5.75 Å². The lowest BCUT2D eigenvalue weighted by atomic mass is 10.3. The highest BCUT2D eigenvalue weighted by atomic mass is 16.5. The topological polar surface area (TPSA) is 36.3 Å². The summed E-state index contributed by atoms with van der Waals surface area (Å²) in [5.74, 6) is 0.862. The minimum atomic E-state index is 0.737. The number of aromatic nitrogens is 2. The first kappa shape index (κ1) is 12.0. The molecule has 0 bridgehead atoms. The van der Waals surface area contributed by atoms with Crippen LogP contribution in [0.25, 0.3) is 0 Å². The predicted molar refractivity (Wildman–Crippen MR) is 59.1 cm³/mol. The van der Waals surface area contributed by atoms with Crippen molar-refractivity contribution in [2.75, 3.05) is 20.3 Å². The van der Waals surface area contributed by atoms with Crippen LogP contribution in [0.1, 0.15) is 26.2 Å². The molecule has 1 aromatic rings. The Balaban J connectivity index is 2.14. The standard InChI is InChI=1S/C11H20N2O2/c1-3-6-13-10-11(9-12-13)15-8-5-4-7-14-2/h9-10H,3-8H2,1-2H3. The van der Waals surface area contributed by atoms with Gasteiger partial charge in [-0.3, -0.25) is 4.68 Å². The predicted octanol–water partition coefficient (Wildman–Crippen LogP) is 2.10. The Morgan fingerprint density at radius 3 is 2.87 bits per heavy atom. The molecule has 1 rings (SSSR count). The van der Waals surface area contributed by atoms with Crippen LogP contribution in [0.2, 0.25) is 0 Å². The lowest BCUT2D eigenvalue weighted by Crippen LogP contribution is -1.99. The van der Waals surface area contributed by atoms with Crippen molar-refractivity contribution in [3.05, 3.63) is 12.4 Å². The molecule has 0 atom stereocenters. The van der Waals surface area contributed by atoms with Gasteiger partial charge in [0.25, 0.3) is 0 Å². The van der Waals surface area contributed by atoms with Crippen LogP contribution < -0.4 is 4.74 Å². The highest BCUT2D eigenvalue weighted by Crippen LogP contribution is 2.09. The van der Waals surface area contributed by atoms with Crippen molar-refractivity contribution in [3.8, 4) is 5.75 Å². The molecule has 4 heteroatoms. The van der Waals surface area contributed by atoms with Crippen molar-refractivity contribution in [2.24, 2.45) is 0 Å². The fourth-order valence-electron chi connectivity index (χ4n) is 1.31. The number of nitrogens with zero attached hydrogens (tertiary/aromatic N) is 2. The SMILES string of the molecule is CCCn1cc(OCCCCOC)cn1. The van der Waals surface area contributed by atoms with E-state index in [1.807, 2.05) is 10.9 Å². The largest absolute Gasteiger partial charge is 0.490 e. The molecule has 0 spiro atoms. The van der Waals surface area contributed by atoms with Gasteiger partial charge in [-0.25, -0.2) is 0 Å². The lowest BCUT2D eigenvalue weighted by Gasteiger charge is -2.02. The molecule has 0 radical (unpaired) electrons. The average Bonchev–Trinajstić information content (AvgIpc) is 2.66. The fourth-order valence-corrected chi connectivity index (χ4v) is 1.31. The van der Waals surface area contributed by atoms with Crippen LogP contribution >= 0.6 is 0 Å². The van der Waals surface area contributed by atoms with Gasteiger partial charge in [-0.2, -0.15) is 5.10 Å². The molecular formula is C11H20N2O2. The molecule has 0 amide bonds. The summed E-state index contributed by atoms with van der Waals surface area (Å²) >= 11 is 0. The zero-order valence-corrected chi connectivity index (χ0v) is 9.61. The minimum absolute atomic E-state index is 0.737. The minimum Gasteiger partial charge on any atom is -0.490 e. The van der Waals surface area contributed by atoms with Gasteiger partial charge in [0.05, 0.1) is 19.0 Å². The van der Waals surface area contributed by atoms with Crippen molar-refractivity contribution < 1.29 is 9.47 Å². The second-order valence-corrected chi connectivity index (χ2v) is 3.49. The number of unbranched alkanes of at least 4 members (excludes halogenated alkanes) is 1. The van der Waals surface area contributed by atoms with Crippen molar-refractivity contribution in [2.45, 2.75) is 32.7 Å². The summed E-state index contributed by atoms with van der Waals surface area (Å²) in [5.41, 5.74) is 0. The van der Waals surface area contributed by atoms with Gasteiger partial charge in [-0.1, -0.05) is 6.92 Å².